The van der Waals surface area contributed by atoms with Crippen molar-refractivity contribution in [1.82, 2.24) is 0 Å². The molecule has 0 amide bonds. The van der Waals surface area contributed by atoms with Crippen molar-refractivity contribution < 1.29 is 44.3 Å². The number of halogens is 9. The number of hydrogen-bond donors (Lipinski definition) is 0. The standard InChI is InChI=1S/C8H7F9O/c1-3-5(10,11)7(14,15)8(16,17)18-6(12,13)4(2)9/h2-3H2,1H3. The summed E-state index contributed by atoms with van der Waals surface area (Å²) in [6.45, 7) is 2.29. The second-order valence-corrected chi connectivity index (χ2v) is 3.17. The minimum atomic E-state index is -6.29. The molecule has 0 bridgehead atoms. The zero-order valence-corrected chi connectivity index (χ0v) is 8.72. The number of rotatable bonds is 6. The van der Waals surface area contributed by atoms with Gasteiger partial charge < -0.3 is 0 Å². The summed E-state index contributed by atoms with van der Waals surface area (Å²) in [6.07, 6.45) is -13.6. The van der Waals surface area contributed by atoms with E-state index in [4.69, 9.17) is 0 Å². The predicted molar refractivity (Wildman–Crippen MR) is 41.4 cm³/mol. The van der Waals surface area contributed by atoms with Crippen molar-refractivity contribution in [3.05, 3.63) is 12.4 Å². The number of hydrogen-bond acceptors (Lipinski definition) is 1. The minimum Gasteiger partial charge on any atom is -0.244 e. The first kappa shape index (κ1) is 17.1. The van der Waals surface area contributed by atoms with Crippen molar-refractivity contribution in [2.45, 2.75) is 37.4 Å². The Bertz CT molecular complexity index is 323. The summed E-state index contributed by atoms with van der Waals surface area (Å²) >= 11 is 0. The molecular formula is C8H7F9O. The van der Waals surface area contributed by atoms with Crippen LogP contribution < -0.4 is 0 Å². The summed E-state index contributed by atoms with van der Waals surface area (Å²) in [5.74, 6) is -14.4. The quantitative estimate of drug-likeness (QED) is 0.661. The highest BCUT2D eigenvalue weighted by molar-refractivity contribution is 4.96. The Balaban J connectivity index is 5.33. The van der Waals surface area contributed by atoms with Gasteiger partial charge in [0.25, 0.3) is 0 Å². The van der Waals surface area contributed by atoms with E-state index >= 15 is 0 Å². The second kappa shape index (κ2) is 4.63. The smallest absolute Gasteiger partial charge is 0.244 e. The first-order valence-corrected chi connectivity index (χ1v) is 4.27. The van der Waals surface area contributed by atoms with Gasteiger partial charge in [0.2, 0.25) is 0 Å². The van der Waals surface area contributed by atoms with Crippen LogP contribution in [0.15, 0.2) is 12.4 Å². The maximum absolute atomic E-state index is 12.7. The monoisotopic (exact) mass is 290 g/mol. The Hall–Kier alpha value is -0.930. The summed E-state index contributed by atoms with van der Waals surface area (Å²) in [5.41, 5.74) is 0. The molecule has 0 fully saturated rings. The summed E-state index contributed by atoms with van der Waals surface area (Å²) < 4.78 is 114. The summed E-state index contributed by atoms with van der Waals surface area (Å²) in [6, 6.07) is 0. The van der Waals surface area contributed by atoms with E-state index in [9.17, 15) is 39.5 Å². The summed E-state index contributed by atoms with van der Waals surface area (Å²) in [7, 11) is 0. The highest BCUT2D eigenvalue weighted by Crippen LogP contribution is 2.50. The Labute approximate surface area is 95.2 Å². The summed E-state index contributed by atoms with van der Waals surface area (Å²) in [5, 5.41) is 0. The fourth-order valence-corrected chi connectivity index (χ4v) is 0.715. The normalized spacial score (nSPS) is 14.8. The minimum absolute atomic E-state index is 0.427. The maximum atomic E-state index is 12.7. The van der Waals surface area contributed by atoms with Crippen LogP contribution in [-0.4, -0.2) is 24.1 Å². The van der Waals surface area contributed by atoms with Crippen molar-refractivity contribution in [3.8, 4) is 0 Å². The van der Waals surface area contributed by atoms with E-state index in [0.29, 0.717) is 6.92 Å². The topological polar surface area (TPSA) is 9.23 Å². The average Bonchev–Trinajstić information content (AvgIpc) is 2.15. The average molecular weight is 290 g/mol. The largest absolute Gasteiger partial charge is 0.430 e. The van der Waals surface area contributed by atoms with Gasteiger partial charge in [0.1, 0.15) is 0 Å². The molecule has 0 aliphatic heterocycles. The van der Waals surface area contributed by atoms with E-state index in [2.05, 4.69) is 4.74 Å². The van der Waals surface area contributed by atoms with Crippen LogP contribution in [-0.2, 0) is 4.74 Å². The summed E-state index contributed by atoms with van der Waals surface area (Å²) in [4.78, 5) is 0. The molecule has 108 valence electrons. The van der Waals surface area contributed by atoms with Gasteiger partial charge in [0.05, 0.1) is 0 Å². The first-order chi connectivity index (χ1) is 7.71. The van der Waals surface area contributed by atoms with Crippen LogP contribution in [0.3, 0.4) is 0 Å². The molecule has 0 radical (unpaired) electrons. The lowest BCUT2D eigenvalue weighted by Gasteiger charge is -2.33. The fourth-order valence-electron chi connectivity index (χ4n) is 0.715. The Morgan fingerprint density at radius 3 is 1.67 bits per heavy atom. The van der Waals surface area contributed by atoms with Gasteiger partial charge in [-0.3, -0.25) is 0 Å². The van der Waals surface area contributed by atoms with Crippen molar-refractivity contribution in [2.75, 3.05) is 0 Å². The SMILES string of the molecule is C=C(F)C(F)(F)OC(F)(F)C(F)(F)C(F)(F)CC. The molecule has 0 spiro atoms. The third kappa shape index (κ3) is 2.90. The molecule has 0 aromatic carbocycles. The van der Waals surface area contributed by atoms with E-state index in [1.807, 2.05) is 6.58 Å². The molecule has 0 heterocycles. The van der Waals surface area contributed by atoms with Gasteiger partial charge in [-0.25, -0.2) is 9.13 Å². The highest BCUT2D eigenvalue weighted by Gasteiger charge is 2.74. The van der Waals surface area contributed by atoms with Gasteiger partial charge in [0.15, 0.2) is 5.83 Å². The van der Waals surface area contributed by atoms with E-state index in [0.717, 1.165) is 0 Å². The third-order valence-corrected chi connectivity index (χ3v) is 1.84. The van der Waals surface area contributed by atoms with E-state index < -0.39 is 36.3 Å². The van der Waals surface area contributed by atoms with Crippen LogP contribution >= 0.6 is 0 Å². The predicted octanol–water partition coefficient (Wildman–Crippen LogP) is 4.35. The third-order valence-electron chi connectivity index (χ3n) is 1.84. The lowest BCUT2D eigenvalue weighted by atomic mass is 10.1. The van der Waals surface area contributed by atoms with Crippen LogP contribution in [0.25, 0.3) is 0 Å². The molecular weight excluding hydrogens is 283 g/mol. The van der Waals surface area contributed by atoms with Gasteiger partial charge in [-0.1, -0.05) is 13.5 Å². The van der Waals surface area contributed by atoms with Crippen LogP contribution in [0.5, 0.6) is 0 Å². The maximum Gasteiger partial charge on any atom is 0.430 e. The zero-order valence-electron chi connectivity index (χ0n) is 8.72. The van der Waals surface area contributed by atoms with Gasteiger partial charge >= 0.3 is 24.1 Å². The van der Waals surface area contributed by atoms with Crippen LogP contribution in [0.1, 0.15) is 13.3 Å². The first-order valence-electron chi connectivity index (χ1n) is 4.27. The van der Waals surface area contributed by atoms with Crippen molar-refractivity contribution in [1.29, 1.82) is 0 Å². The molecule has 0 aromatic heterocycles. The van der Waals surface area contributed by atoms with E-state index in [-0.39, 0.29) is 0 Å². The van der Waals surface area contributed by atoms with Crippen molar-refractivity contribution in [2.24, 2.45) is 0 Å². The Morgan fingerprint density at radius 2 is 1.39 bits per heavy atom. The fraction of sp³-hybridized carbons (Fsp3) is 0.750. The van der Waals surface area contributed by atoms with Crippen LogP contribution in [0.4, 0.5) is 39.5 Å². The molecule has 0 rings (SSSR count). The molecule has 0 aromatic rings. The van der Waals surface area contributed by atoms with Gasteiger partial charge in [0, 0.05) is 6.42 Å². The molecule has 10 heteroatoms. The van der Waals surface area contributed by atoms with E-state index in [1.54, 1.807) is 0 Å². The molecule has 0 atom stereocenters. The Kier molecular flexibility index (Phi) is 4.39. The van der Waals surface area contributed by atoms with Crippen LogP contribution in [0.2, 0.25) is 0 Å². The molecule has 0 saturated heterocycles. The molecule has 1 nitrogen and oxygen atoms in total. The molecule has 0 saturated carbocycles. The van der Waals surface area contributed by atoms with E-state index in [1.165, 1.54) is 0 Å². The van der Waals surface area contributed by atoms with Crippen molar-refractivity contribution in [3.63, 3.8) is 0 Å². The number of ether oxygens (including phenoxy) is 1. The Morgan fingerprint density at radius 1 is 1.00 bits per heavy atom. The molecule has 0 unspecified atom stereocenters. The second-order valence-electron chi connectivity index (χ2n) is 3.17. The van der Waals surface area contributed by atoms with Gasteiger partial charge in [-0.2, -0.15) is 35.1 Å². The number of alkyl halides is 8. The molecule has 18 heavy (non-hydrogen) atoms. The molecule has 0 aliphatic carbocycles. The zero-order chi connectivity index (χ0) is 15.0. The molecule has 0 aliphatic rings. The van der Waals surface area contributed by atoms with Gasteiger partial charge in [-0.05, 0) is 0 Å². The van der Waals surface area contributed by atoms with Gasteiger partial charge in [-0.15, -0.1) is 0 Å². The highest BCUT2D eigenvalue weighted by atomic mass is 19.4. The molecule has 0 N–H and O–H groups in total. The van der Waals surface area contributed by atoms with Crippen molar-refractivity contribution >= 4 is 0 Å². The lowest BCUT2D eigenvalue weighted by Crippen LogP contribution is -2.57. The van der Waals surface area contributed by atoms with Crippen LogP contribution in [0, 0.1) is 0 Å². The lowest BCUT2D eigenvalue weighted by molar-refractivity contribution is -0.451.